The molecule has 0 saturated carbocycles. The van der Waals surface area contributed by atoms with Gasteiger partial charge in [-0.15, -0.1) is 17.0 Å². The molecule has 0 aromatic heterocycles. The molecule has 0 amide bonds. The van der Waals surface area contributed by atoms with Crippen molar-refractivity contribution in [1.29, 1.82) is 0 Å². The highest BCUT2D eigenvalue weighted by Gasteiger charge is 2.13. The number of nitrogens with two attached hydrogens (primary N) is 1. The van der Waals surface area contributed by atoms with Gasteiger partial charge < -0.3 is 5.73 Å². The summed E-state index contributed by atoms with van der Waals surface area (Å²) in [6, 6.07) is 0. The summed E-state index contributed by atoms with van der Waals surface area (Å²) in [4.78, 5) is 0. The molecule has 0 radical (unpaired) electrons. The number of halogens is 2. The smallest absolute Gasteiger partial charge is 0.00315 e. The Hall–Kier alpha value is 0.920. The topological polar surface area (TPSA) is 26.0 Å². The minimum atomic E-state index is 0. The van der Waals surface area contributed by atoms with E-state index in [1.54, 1.807) is 0 Å². The van der Waals surface area contributed by atoms with Gasteiger partial charge in [0.25, 0.3) is 0 Å². The average Bonchev–Trinajstić information content (AvgIpc) is 1.84. The van der Waals surface area contributed by atoms with Gasteiger partial charge in [0, 0.05) is 5.33 Å². The van der Waals surface area contributed by atoms with Gasteiger partial charge in [-0.1, -0.05) is 29.8 Å². The summed E-state index contributed by atoms with van der Waals surface area (Å²) in [5, 5.41) is 1.09. The van der Waals surface area contributed by atoms with Crippen LogP contribution in [0.15, 0.2) is 0 Å². The van der Waals surface area contributed by atoms with Crippen LogP contribution in [0.2, 0.25) is 0 Å². The normalized spacial score (nSPS) is 10.8. The van der Waals surface area contributed by atoms with Crippen molar-refractivity contribution in [3.63, 3.8) is 0 Å². The van der Waals surface area contributed by atoms with Crippen LogP contribution in [0.3, 0.4) is 0 Å². The van der Waals surface area contributed by atoms with Crippen molar-refractivity contribution < 1.29 is 0 Å². The largest absolute Gasteiger partial charge is 0.330 e. The first-order valence-corrected chi connectivity index (χ1v) is 4.50. The van der Waals surface area contributed by atoms with Crippen LogP contribution in [0.25, 0.3) is 0 Å². The van der Waals surface area contributed by atoms with Gasteiger partial charge >= 0.3 is 0 Å². The molecule has 0 aliphatic heterocycles. The van der Waals surface area contributed by atoms with E-state index in [0.717, 1.165) is 11.9 Å². The first-order chi connectivity index (χ1) is 4.12. The Balaban J connectivity index is 0. The highest BCUT2D eigenvalue weighted by atomic mass is 79.9. The fraction of sp³-hybridized carbons (Fsp3) is 1.00. The first kappa shape index (κ1) is 13.5. The van der Waals surface area contributed by atoms with Crippen LogP contribution < -0.4 is 5.73 Å². The van der Waals surface area contributed by atoms with Crippen LogP contribution >= 0.6 is 32.9 Å². The van der Waals surface area contributed by atoms with Crippen molar-refractivity contribution in [1.82, 2.24) is 0 Å². The van der Waals surface area contributed by atoms with Gasteiger partial charge in [0.2, 0.25) is 0 Å². The van der Waals surface area contributed by atoms with E-state index in [9.17, 15) is 0 Å². The fourth-order valence-corrected chi connectivity index (χ4v) is 0.928. The van der Waals surface area contributed by atoms with E-state index < -0.39 is 0 Å². The Morgan fingerprint density at radius 3 is 2.20 bits per heavy atom. The molecule has 10 heavy (non-hydrogen) atoms. The lowest BCUT2D eigenvalue weighted by molar-refractivity contribution is 0.345. The quantitative estimate of drug-likeness (QED) is 0.784. The molecular weight excluding hydrogens is 258 g/mol. The maximum Gasteiger partial charge on any atom is 0.00315 e. The molecule has 0 aromatic rings. The molecule has 64 valence electrons. The third-order valence-electron chi connectivity index (χ3n) is 1.54. The Morgan fingerprint density at radius 2 is 1.90 bits per heavy atom. The second-order valence-corrected chi connectivity index (χ2v) is 3.95. The van der Waals surface area contributed by atoms with E-state index in [4.69, 9.17) is 5.73 Å². The SMILES string of the molecule is Br.CC(C)(CN)CCCBr. The fourth-order valence-electron chi connectivity index (χ4n) is 0.647. The summed E-state index contributed by atoms with van der Waals surface area (Å²) in [7, 11) is 0. The molecule has 0 rings (SSSR count). The molecule has 0 saturated heterocycles. The van der Waals surface area contributed by atoms with Gasteiger partial charge in [0.15, 0.2) is 0 Å². The molecule has 0 aliphatic rings. The van der Waals surface area contributed by atoms with Crippen LogP contribution in [0.5, 0.6) is 0 Å². The summed E-state index contributed by atoms with van der Waals surface area (Å²) in [6.07, 6.45) is 2.44. The summed E-state index contributed by atoms with van der Waals surface area (Å²) in [5.41, 5.74) is 5.87. The maximum atomic E-state index is 5.53. The van der Waals surface area contributed by atoms with Crippen molar-refractivity contribution in [2.75, 3.05) is 11.9 Å². The van der Waals surface area contributed by atoms with Crippen LogP contribution in [0.4, 0.5) is 0 Å². The van der Waals surface area contributed by atoms with Gasteiger partial charge in [-0.25, -0.2) is 0 Å². The molecule has 0 aromatic carbocycles. The van der Waals surface area contributed by atoms with Crippen molar-refractivity contribution in [2.24, 2.45) is 11.1 Å². The molecule has 0 bridgehead atoms. The summed E-state index contributed by atoms with van der Waals surface area (Å²) < 4.78 is 0. The number of alkyl halides is 1. The minimum absolute atomic E-state index is 0. The predicted octanol–water partition coefficient (Wildman–Crippen LogP) is 2.72. The summed E-state index contributed by atoms with van der Waals surface area (Å²) in [6.45, 7) is 5.20. The van der Waals surface area contributed by atoms with E-state index in [1.807, 2.05) is 0 Å². The number of hydrogen-bond donors (Lipinski definition) is 1. The van der Waals surface area contributed by atoms with E-state index in [2.05, 4.69) is 29.8 Å². The Kier molecular flexibility index (Phi) is 8.94. The molecule has 0 heterocycles. The molecule has 0 unspecified atom stereocenters. The van der Waals surface area contributed by atoms with Crippen molar-refractivity contribution in [2.45, 2.75) is 26.7 Å². The van der Waals surface area contributed by atoms with Crippen molar-refractivity contribution >= 4 is 32.9 Å². The lowest BCUT2D eigenvalue weighted by Crippen LogP contribution is -2.23. The maximum absolute atomic E-state index is 5.53. The number of rotatable bonds is 4. The molecular formula is C7H17Br2N. The summed E-state index contributed by atoms with van der Waals surface area (Å²) in [5.74, 6) is 0. The molecule has 3 heteroatoms. The standard InChI is InChI=1S/C7H16BrN.BrH/c1-7(2,6-9)4-3-5-8;/h3-6,9H2,1-2H3;1H. The first-order valence-electron chi connectivity index (χ1n) is 3.38. The van der Waals surface area contributed by atoms with E-state index in [1.165, 1.54) is 12.8 Å². The molecule has 0 spiro atoms. The lowest BCUT2D eigenvalue weighted by Gasteiger charge is -2.21. The predicted molar refractivity (Wildman–Crippen MR) is 56.2 cm³/mol. The van der Waals surface area contributed by atoms with Gasteiger partial charge in [-0.3, -0.25) is 0 Å². The molecule has 2 N–H and O–H groups in total. The van der Waals surface area contributed by atoms with Gasteiger partial charge in [0.05, 0.1) is 0 Å². The second-order valence-electron chi connectivity index (χ2n) is 3.16. The van der Waals surface area contributed by atoms with E-state index in [-0.39, 0.29) is 17.0 Å². The zero-order valence-corrected chi connectivity index (χ0v) is 9.99. The van der Waals surface area contributed by atoms with Gasteiger partial charge in [-0.05, 0) is 24.8 Å². The Bertz CT molecular complexity index is 74.0. The number of hydrogen-bond acceptors (Lipinski definition) is 1. The third kappa shape index (κ3) is 7.03. The molecule has 0 fully saturated rings. The Morgan fingerprint density at radius 1 is 1.40 bits per heavy atom. The van der Waals surface area contributed by atoms with Crippen LogP contribution in [-0.4, -0.2) is 11.9 Å². The average molecular weight is 275 g/mol. The molecule has 1 nitrogen and oxygen atoms in total. The lowest BCUT2D eigenvalue weighted by atomic mass is 9.89. The zero-order valence-electron chi connectivity index (χ0n) is 6.69. The third-order valence-corrected chi connectivity index (χ3v) is 2.10. The van der Waals surface area contributed by atoms with Crippen LogP contribution in [-0.2, 0) is 0 Å². The minimum Gasteiger partial charge on any atom is -0.330 e. The van der Waals surface area contributed by atoms with Crippen molar-refractivity contribution in [3.05, 3.63) is 0 Å². The van der Waals surface area contributed by atoms with E-state index in [0.29, 0.717) is 5.41 Å². The van der Waals surface area contributed by atoms with Crippen molar-refractivity contribution in [3.8, 4) is 0 Å². The highest BCUT2D eigenvalue weighted by Crippen LogP contribution is 2.20. The zero-order chi connectivity index (χ0) is 7.33. The highest BCUT2D eigenvalue weighted by molar-refractivity contribution is 9.09. The summed E-state index contributed by atoms with van der Waals surface area (Å²) >= 11 is 3.39. The second kappa shape index (κ2) is 6.62. The Labute approximate surface area is 82.6 Å². The van der Waals surface area contributed by atoms with Crippen LogP contribution in [0.1, 0.15) is 26.7 Å². The van der Waals surface area contributed by atoms with Gasteiger partial charge in [-0.2, -0.15) is 0 Å². The van der Waals surface area contributed by atoms with Crippen LogP contribution in [0, 0.1) is 5.41 Å². The molecule has 0 atom stereocenters. The monoisotopic (exact) mass is 273 g/mol. The van der Waals surface area contributed by atoms with Gasteiger partial charge in [0.1, 0.15) is 0 Å². The van der Waals surface area contributed by atoms with E-state index >= 15 is 0 Å². The molecule has 0 aliphatic carbocycles.